The maximum Gasteiger partial charge on any atom is 0.416 e. The first-order valence-corrected chi connectivity index (χ1v) is 12.6. The first-order chi connectivity index (χ1) is 18.2. The molecule has 0 N–H and O–H groups in total. The van der Waals surface area contributed by atoms with E-state index in [4.69, 9.17) is 16.3 Å². The fourth-order valence-electron chi connectivity index (χ4n) is 4.80. The van der Waals surface area contributed by atoms with Crippen LogP contribution in [-0.4, -0.2) is 47.9 Å². The number of nitrogens with zero attached hydrogens (tertiary/aromatic N) is 3. The molecule has 6 nitrogen and oxygen atoms in total. The zero-order valence-corrected chi connectivity index (χ0v) is 21.1. The summed E-state index contributed by atoms with van der Waals surface area (Å²) in [7, 11) is 0. The zero-order valence-electron chi connectivity index (χ0n) is 20.3. The van der Waals surface area contributed by atoms with Crippen molar-refractivity contribution in [2.75, 3.05) is 31.1 Å². The van der Waals surface area contributed by atoms with E-state index < -0.39 is 17.8 Å². The number of amides is 3. The molecule has 5 rings (SSSR count). The molecule has 1 unspecified atom stereocenters. The molecule has 0 radical (unpaired) electrons. The summed E-state index contributed by atoms with van der Waals surface area (Å²) in [6, 6.07) is 17.8. The van der Waals surface area contributed by atoms with Crippen molar-refractivity contribution in [3.05, 3.63) is 88.9 Å². The van der Waals surface area contributed by atoms with Gasteiger partial charge in [0.15, 0.2) is 0 Å². The second-order valence-corrected chi connectivity index (χ2v) is 9.71. The number of carbonyl (C=O) groups excluding carboxylic acids is 2. The molecular formula is C28H25ClF3N3O3. The molecule has 0 aliphatic carbocycles. The van der Waals surface area contributed by atoms with Gasteiger partial charge in [0.2, 0.25) is 5.91 Å². The summed E-state index contributed by atoms with van der Waals surface area (Å²) < 4.78 is 46.2. The van der Waals surface area contributed by atoms with Crippen molar-refractivity contribution >= 4 is 29.2 Å². The Labute approximate surface area is 223 Å². The maximum absolute atomic E-state index is 13.5. The number of urea groups is 1. The molecule has 2 aliphatic rings. The van der Waals surface area contributed by atoms with E-state index in [1.165, 1.54) is 11.0 Å². The van der Waals surface area contributed by atoms with Gasteiger partial charge in [0.05, 0.1) is 11.6 Å². The minimum Gasteiger partial charge on any atom is -0.457 e. The van der Waals surface area contributed by atoms with Gasteiger partial charge in [0.1, 0.15) is 11.5 Å². The van der Waals surface area contributed by atoms with Crippen molar-refractivity contribution in [2.24, 2.45) is 0 Å². The Hall–Kier alpha value is -3.72. The lowest BCUT2D eigenvalue weighted by Gasteiger charge is -2.24. The topological polar surface area (TPSA) is 53.1 Å². The number of hydrogen-bond donors (Lipinski definition) is 0. The number of benzene rings is 3. The third kappa shape index (κ3) is 5.57. The highest BCUT2D eigenvalue weighted by Gasteiger charge is 2.40. The number of ether oxygens (including phenoxy) is 1. The smallest absolute Gasteiger partial charge is 0.416 e. The average molecular weight is 544 g/mol. The molecule has 3 aromatic rings. The molecule has 1 atom stereocenters. The minimum absolute atomic E-state index is 0.0548. The number of carbonyl (C=O) groups is 2. The lowest BCUT2D eigenvalue weighted by molar-refractivity contribution is -0.137. The predicted molar refractivity (Wildman–Crippen MR) is 137 cm³/mol. The molecule has 2 heterocycles. The molecule has 2 aliphatic heterocycles. The first-order valence-electron chi connectivity index (χ1n) is 12.3. The van der Waals surface area contributed by atoms with E-state index in [9.17, 15) is 22.8 Å². The molecular weight excluding hydrogens is 519 g/mol. The summed E-state index contributed by atoms with van der Waals surface area (Å²) in [5.41, 5.74) is 0.144. The summed E-state index contributed by atoms with van der Waals surface area (Å²) >= 11 is 5.92. The highest BCUT2D eigenvalue weighted by molar-refractivity contribution is 6.30. The SMILES string of the molecule is O=C1CCCN1CCN1CC(c2cccc(C(F)(F)F)c2)N(c2ccc(Oc3ccc(Cl)cc3)cc2)C1=O. The lowest BCUT2D eigenvalue weighted by Crippen LogP contribution is -2.38. The van der Waals surface area contributed by atoms with Crippen molar-refractivity contribution in [2.45, 2.75) is 25.1 Å². The Kier molecular flexibility index (Phi) is 7.21. The zero-order chi connectivity index (χ0) is 26.9. The van der Waals surface area contributed by atoms with Gasteiger partial charge in [0, 0.05) is 43.3 Å². The first kappa shape index (κ1) is 25.9. The van der Waals surface area contributed by atoms with E-state index >= 15 is 0 Å². The van der Waals surface area contributed by atoms with Crippen LogP contribution in [-0.2, 0) is 11.0 Å². The lowest BCUT2D eigenvalue weighted by atomic mass is 10.0. The summed E-state index contributed by atoms with van der Waals surface area (Å²) in [6.45, 7) is 1.54. The summed E-state index contributed by atoms with van der Waals surface area (Å²) in [6.07, 6.45) is -3.21. The molecule has 3 aromatic carbocycles. The molecule has 0 spiro atoms. The predicted octanol–water partition coefficient (Wildman–Crippen LogP) is 6.76. The molecule has 0 aromatic heterocycles. The summed E-state index contributed by atoms with van der Waals surface area (Å²) in [5, 5.41) is 0.583. The van der Waals surface area contributed by atoms with Gasteiger partial charge >= 0.3 is 12.2 Å². The van der Waals surface area contributed by atoms with Crippen LogP contribution in [0.15, 0.2) is 72.8 Å². The number of hydrogen-bond acceptors (Lipinski definition) is 3. The Morgan fingerprint density at radius 2 is 1.55 bits per heavy atom. The summed E-state index contributed by atoms with van der Waals surface area (Å²) in [4.78, 5) is 30.4. The van der Waals surface area contributed by atoms with Gasteiger partial charge in [-0.3, -0.25) is 9.69 Å². The Morgan fingerprint density at radius 3 is 2.18 bits per heavy atom. The maximum atomic E-state index is 13.5. The number of halogens is 4. The molecule has 198 valence electrons. The molecule has 2 saturated heterocycles. The van der Waals surface area contributed by atoms with E-state index in [1.54, 1.807) is 64.4 Å². The normalized spacial score (nSPS) is 18.0. The molecule has 2 fully saturated rings. The average Bonchev–Trinajstić information content (AvgIpc) is 3.46. The number of anilines is 1. The van der Waals surface area contributed by atoms with Crippen molar-refractivity contribution in [1.82, 2.24) is 9.80 Å². The van der Waals surface area contributed by atoms with Gasteiger partial charge in [-0.15, -0.1) is 0 Å². The number of rotatable bonds is 7. The molecule has 10 heteroatoms. The van der Waals surface area contributed by atoms with Crippen LogP contribution in [0.4, 0.5) is 23.7 Å². The van der Waals surface area contributed by atoms with Gasteiger partial charge in [-0.2, -0.15) is 13.2 Å². The van der Waals surface area contributed by atoms with Crippen LogP contribution in [0.3, 0.4) is 0 Å². The van der Waals surface area contributed by atoms with Crippen molar-refractivity contribution in [1.29, 1.82) is 0 Å². The van der Waals surface area contributed by atoms with Crippen molar-refractivity contribution < 1.29 is 27.5 Å². The number of likely N-dealkylation sites (tertiary alicyclic amines) is 1. The van der Waals surface area contributed by atoms with E-state index in [0.717, 1.165) is 18.6 Å². The molecule has 38 heavy (non-hydrogen) atoms. The Balaban J connectivity index is 1.40. The van der Waals surface area contributed by atoms with E-state index in [-0.39, 0.29) is 18.5 Å². The fourth-order valence-corrected chi connectivity index (χ4v) is 4.93. The standard InChI is InChI=1S/C28H25ClF3N3O3/c29-21-6-10-23(11-7-21)38-24-12-8-22(9-13-24)35-25(19-3-1-4-20(17-19)28(30,31)32)18-34(27(35)37)16-15-33-14-2-5-26(33)36/h1,3-4,6-13,17,25H,2,5,14-16,18H2. The van der Waals surface area contributed by atoms with Crippen LogP contribution in [0.2, 0.25) is 5.02 Å². The number of alkyl halides is 3. The second-order valence-electron chi connectivity index (χ2n) is 9.27. The van der Waals surface area contributed by atoms with Crippen molar-refractivity contribution in [3.8, 4) is 11.5 Å². The van der Waals surface area contributed by atoms with E-state index in [1.807, 2.05) is 0 Å². The summed E-state index contributed by atoms with van der Waals surface area (Å²) in [5.74, 6) is 1.17. The molecule has 0 bridgehead atoms. The highest BCUT2D eigenvalue weighted by Crippen LogP contribution is 2.38. The third-order valence-electron chi connectivity index (χ3n) is 6.76. The second kappa shape index (κ2) is 10.6. The van der Waals surface area contributed by atoms with Crippen LogP contribution in [0, 0.1) is 0 Å². The fraction of sp³-hybridized carbons (Fsp3) is 0.286. The highest BCUT2D eigenvalue weighted by atomic mass is 35.5. The van der Waals surface area contributed by atoms with Crippen LogP contribution >= 0.6 is 11.6 Å². The van der Waals surface area contributed by atoms with Gasteiger partial charge in [-0.05, 0) is 72.6 Å². The van der Waals surface area contributed by atoms with Gasteiger partial charge in [-0.25, -0.2) is 4.79 Å². The third-order valence-corrected chi connectivity index (χ3v) is 7.01. The van der Waals surface area contributed by atoms with E-state index in [2.05, 4.69) is 0 Å². The van der Waals surface area contributed by atoms with Gasteiger partial charge in [-0.1, -0.05) is 23.7 Å². The van der Waals surface area contributed by atoms with Crippen LogP contribution < -0.4 is 9.64 Å². The Morgan fingerprint density at radius 1 is 0.895 bits per heavy atom. The molecule has 3 amide bonds. The van der Waals surface area contributed by atoms with Crippen molar-refractivity contribution in [3.63, 3.8) is 0 Å². The quantitative estimate of drug-likeness (QED) is 0.331. The van der Waals surface area contributed by atoms with Gasteiger partial charge < -0.3 is 14.5 Å². The molecule has 0 saturated carbocycles. The minimum atomic E-state index is -4.50. The van der Waals surface area contributed by atoms with Crippen LogP contribution in [0.5, 0.6) is 11.5 Å². The largest absolute Gasteiger partial charge is 0.457 e. The van der Waals surface area contributed by atoms with Crippen LogP contribution in [0.1, 0.15) is 30.0 Å². The Bertz CT molecular complexity index is 1320. The van der Waals surface area contributed by atoms with E-state index in [0.29, 0.717) is 53.8 Å². The van der Waals surface area contributed by atoms with Gasteiger partial charge in [0.25, 0.3) is 0 Å². The monoisotopic (exact) mass is 543 g/mol. The van der Waals surface area contributed by atoms with Crippen LogP contribution in [0.25, 0.3) is 0 Å².